The van der Waals surface area contributed by atoms with Crippen molar-refractivity contribution >= 4 is 59.7 Å². The summed E-state index contributed by atoms with van der Waals surface area (Å²) in [6.07, 6.45) is 0.825. The van der Waals surface area contributed by atoms with Gasteiger partial charge in [-0.2, -0.15) is 0 Å². The highest BCUT2D eigenvalue weighted by Crippen LogP contribution is 2.62. The van der Waals surface area contributed by atoms with Crippen LogP contribution in [0, 0.1) is 80.8 Å². The van der Waals surface area contributed by atoms with E-state index in [2.05, 4.69) is 0 Å². The average Bonchev–Trinajstić information content (AvgIpc) is 2.51. The van der Waals surface area contributed by atoms with Gasteiger partial charge in [0.15, 0.2) is 24.4 Å². The highest BCUT2D eigenvalue weighted by molar-refractivity contribution is 5.88. The first-order valence-electron chi connectivity index (χ1n) is 29.0. The fourth-order valence-electron chi connectivity index (χ4n) is 14.0. The molecule has 12 fully saturated rings. The van der Waals surface area contributed by atoms with E-state index in [1.807, 2.05) is 76.2 Å². The van der Waals surface area contributed by atoms with Gasteiger partial charge in [-0.05, 0) is 114 Å². The lowest BCUT2D eigenvalue weighted by Crippen LogP contribution is -2.49. The van der Waals surface area contributed by atoms with Crippen molar-refractivity contribution in [3.05, 3.63) is 0 Å². The molecule has 0 aromatic rings. The lowest BCUT2D eigenvalue weighted by molar-refractivity contribution is -0.188. The van der Waals surface area contributed by atoms with Gasteiger partial charge in [0.2, 0.25) is 0 Å². The monoisotopic (exact) mass is 1140 g/mol. The number of hydrogen-bond donors (Lipinski definition) is 0. The predicted molar refractivity (Wildman–Crippen MR) is 275 cm³/mol. The lowest BCUT2D eigenvalue weighted by atomic mass is 9.78. The van der Waals surface area contributed by atoms with Gasteiger partial charge >= 0.3 is 59.7 Å². The third-order valence-electron chi connectivity index (χ3n) is 20.9. The molecule has 0 aromatic heterocycles. The summed E-state index contributed by atoms with van der Waals surface area (Å²) in [4.78, 5) is 120. The van der Waals surface area contributed by atoms with Gasteiger partial charge in [-0.1, -0.05) is 27.7 Å². The van der Waals surface area contributed by atoms with E-state index in [0.717, 1.165) is 19.3 Å². The Morgan fingerprint density at radius 2 is 0.951 bits per heavy atom. The number of hydrogen-bond acceptors (Lipinski definition) is 22. The molecule has 12 rings (SSSR count). The summed E-state index contributed by atoms with van der Waals surface area (Å²) in [5.41, 5.74) is -2.84. The largest absolute Gasteiger partial charge is 0.469 e. The normalized spacial score (nSPS) is 40.4. The summed E-state index contributed by atoms with van der Waals surface area (Å²) in [6.45, 7) is 24.4. The molecule has 22 nitrogen and oxygen atoms in total. The quantitative estimate of drug-likeness (QED) is 0.161. The Hall–Kier alpha value is -5.38. The van der Waals surface area contributed by atoms with Crippen molar-refractivity contribution in [2.75, 3.05) is 14.2 Å². The van der Waals surface area contributed by atoms with E-state index >= 15 is 0 Å². The second-order valence-electron chi connectivity index (χ2n) is 26.9. The van der Waals surface area contributed by atoms with Crippen LogP contribution in [0.1, 0.15) is 141 Å². The Bertz CT molecular complexity index is 2490. The van der Waals surface area contributed by atoms with Crippen LogP contribution in [-0.4, -0.2) is 147 Å². The second kappa shape index (κ2) is 21.4. The molecule has 4 saturated carbocycles. The standard InChI is InChI=1S/C16H22O6.C15H20O7.C15H22O4.C13H18O5/c1-5-16(2,3)15(19)22-12-7-6-8-10(9(7)13(17)20-4)14(18)21-11(8)12;1-5-15(2,3)14(18)22-11-8-6(12(16)19-4)7-9(20-8)10(11)21-13(7)17;1-5-14(2,3)13(17)19-15(4)8-6-9-10(7-8)12(16)18-11(9)15;1-4-13(2,3)12(15)18-9-7-5-6-8(16-7)10(9)17-11(6)14/h7-12H,5-6H2,1-4H3;6-11H,5H2,1-4H3;8-11H,5-7H2,1-4H3;6-10H,4-5H2,1-3H3. The molecular formula is C59H82O22. The molecule has 4 aliphatic carbocycles. The minimum atomic E-state index is -0.774. The minimum Gasteiger partial charge on any atom is -0.469 e. The first-order valence-corrected chi connectivity index (χ1v) is 29.0. The molecule has 8 heterocycles. The first kappa shape index (κ1) is 60.2. The van der Waals surface area contributed by atoms with E-state index in [1.54, 1.807) is 13.8 Å². The zero-order valence-electron chi connectivity index (χ0n) is 49.3. The first-order chi connectivity index (χ1) is 37.9. The SMILES string of the molecule is CCC(C)(C)C(=O)OC1(C)C2CC3C(=O)OC1C3C2.CCC(C)(C)C(=O)OC1C2CC3C(=O)OC1C3O2.CCC(C)(C)C(=O)OC1C2CC3C1OC(=O)C3C2C(=O)OC.CCC(C)(C)C(=O)OC1C2OC(=O)C3C2OC1C3C(=O)OC. The summed E-state index contributed by atoms with van der Waals surface area (Å²) in [6, 6.07) is 0. The van der Waals surface area contributed by atoms with Crippen LogP contribution in [0.3, 0.4) is 0 Å². The van der Waals surface area contributed by atoms with Gasteiger partial charge in [-0.15, -0.1) is 0 Å². The summed E-state index contributed by atoms with van der Waals surface area (Å²) in [5.74, 6) is -5.40. The lowest BCUT2D eigenvalue weighted by Gasteiger charge is -2.38. The van der Waals surface area contributed by atoms with Crippen molar-refractivity contribution in [1.82, 2.24) is 0 Å². The number of carbonyl (C=O) groups is 10. The number of esters is 10. The van der Waals surface area contributed by atoms with Crippen LogP contribution in [0.2, 0.25) is 0 Å². The van der Waals surface area contributed by atoms with Crippen molar-refractivity contribution in [1.29, 1.82) is 0 Å². The molecular weight excluding hydrogens is 1060 g/mol. The van der Waals surface area contributed by atoms with E-state index in [0.29, 0.717) is 32.1 Å². The molecule has 22 atom stereocenters. The Kier molecular flexibility index (Phi) is 15.9. The highest BCUT2D eigenvalue weighted by Gasteiger charge is 2.74. The fourth-order valence-corrected chi connectivity index (χ4v) is 14.0. The van der Waals surface area contributed by atoms with Gasteiger partial charge in [0, 0.05) is 23.7 Å². The molecule has 0 N–H and O–H groups in total. The van der Waals surface area contributed by atoms with Crippen LogP contribution in [-0.2, 0) is 105 Å². The van der Waals surface area contributed by atoms with E-state index < -0.39 is 118 Å². The molecule has 22 heteroatoms. The molecule has 0 radical (unpaired) electrons. The van der Waals surface area contributed by atoms with Gasteiger partial charge in [0.05, 0.1) is 65.7 Å². The molecule has 0 aromatic carbocycles. The second-order valence-corrected chi connectivity index (χ2v) is 26.9. The van der Waals surface area contributed by atoms with E-state index in [1.165, 1.54) is 14.2 Å². The van der Waals surface area contributed by atoms with Gasteiger partial charge in [0.1, 0.15) is 54.1 Å². The van der Waals surface area contributed by atoms with Gasteiger partial charge in [-0.3, -0.25) is 47.9 Å². The van der Waals surface area contributed by atoms with Crippen LogP contribution in [0.5, 0.6) is 0 Å². The average molecular weight is 1140 g/mol. The topological polar surface area (TPSA) is 281 Å². The van der Waals surface area contributed by atoms with E-state index in [4.69, 9.17) is 56.8 Å². The number of methoxy groups -OCH3 is 2. The Morgan fingerprint density at radius 3 is 1.52 bits per heavy atom. The number of carbonyl (C=O) groups excluding carboxylic acids is 10. The summed E-state index contributed by atoms with van der Waals surface area (Å²) < 4.78 is 65.0. The summed E-state index contributed by atoms with van der Waals surface area (Å²) in [7, 11) is 2.57. The number of ether oxygens (including phenoxy) is 12. The molecule has 450 valence electrons. The van der Waals surface area contributed by atoms with Crippen molar-refractivity contribution in [3.63, 3.8) is 0 Å². The molecule has 8 bridgehead atoms. The Balaban J connectivity index is 0.000000131. The van der Waals surface area contributed by atoms with Crippen molar-refractivity contribution in [2.24, 2.45) is 80.8 Å². The zero-order chi connectivity index (χ0) is 59.5. The molecule has 0 spiro atoms. The van der Waals surface area contributed by atoms with E-state index in [9.17, 15) is 47.9 Å². The van der Waals surface area contributed by atoms with Crippen LogP contribution >= 0.6 is 0 Å². The van der Waals surface area contributed by atoms with Gasteiger partial charge in [-0.25, -0.2) is 0 Å². The highest BCUT2D eigenvalue weighted by atomic mass is 16.7. The van der Waals surface area contributed by atoms with E-state index in [-0.39, 0.29) is 95.6 Å². The molecule has 22 unspecified atom stereocenters. The molecule has 0 amide bonds. The van der Waals surface area contributed by atoms with Crippen LogP contribution in [0.25, 0.3) is 0 Å². The third-order valence-corrected chi connectivity index (χ3v) is 20.9. The Labute approximate surface area is 472 Å². The third kappa shape index (κ3) is 9.88. The van der Waals surface area contributed by atoms with Crippen molar-refractivity contribution in [3.8, 4) is 0 Å². The number of rotatable bonds is 14. The fraction of sp³-hybridized carbons (Fsp3) is 0.831. The molecule has 81 heavy (non-hydrogen) atoms. The van der Waals surface area contributed by atoms with Crippen LogP contribution in [0.4, 0.5) is 0 Å². The maximum absolute atomic E-state index is 12.4. The van der Waals surface area contributed by atoms with Crippen LogP contribution < -0.4 is 0 Å². The maximum atomic E-state index is 12.4. The zero-order valence-corrected chi connectivity index (χ0v) is 49.3. The summed E-state index contributed by atoms with van der Waals surface area (Å²) >= 11 is 0. The molecule has 8 saturated heterocycles. The maximum Gasteiger partial charge on any atom is 0.313 e. The smallest absolute Gasteiger partial charge is 0.313 e. The van der Waals surface area contributed by atoms with Gasteiger partial charge in [0.25, 0.3) is 0 Å². The summed E-state index contributed by atoms with van der Waals surface area (Å²) in [5, 5.41) is 0. The number of fused-ring (bicyclic) bond motifs is 4. The minimum absolute atomic E-state index is 0.0378. The van der Waals surface area contributed by atoms with Gasteiger partial charge < -0.3 is 56.8 Å². The molecule has 8 aliphatic heterocycles. The molecule has 12 aliphatic rings. The Morgan fingerprint density at radius 1 is 0.469 bits per heavy atom. The van der Waals surface area contributed by atoms with Crippen molar-refractivity contribution < 1.29 is 105 Å². The van der Waals surface area contributed by atoms with Crippen molar-refractivity contribution in [2.45, 2.75) is 214 Å². The van der Waals surface area contributed by atoms with Crippen LogP contribution in [0.15, 0.2) is 0 Å². The predicted octanol–water partition coefficient (Wildman–Crippen LogP) is 5.11.